The first-order valence-electron chi connectivity index (χ1n) is 15.9. The Kier molecular flexibility index (Phi) is 14.2. The smallest absolute Gasteiger partial charge is 0.217 e. The van der Waals surface area contributed by atoms with Gasteiger partial charge in [-0.1, -0.05) is 0 Å². The quantitative estimate of drug-likeness (QED) is 0.0938. The molecule has 4 heterocycles. The third-order valence-electron chi connectivity index (χ3n) is 8.97. The Labute approximate surface area is 285 Å². The third-order valence-corrected chi connectivity index (χ3v) is 8.97. The highest BCUT2D eigenvalue weighted by Crippen LogP contribution is 2.34. The van der Waals surface area contributed by atoms with Crippen LogP contribution in [-0.2, 0) is 42.7 Å². The number of aliphatic hydroxyl groups is 11. The molecule has 0 aromatic heterocycles. The normalized spacial score (nSPS) is 48.5. The van der Waals surface area contributed by atoms with E-state index in [2.05, 4.69) is 10.6 Å². The number of carbonyl (C=O) groups excluding carboxylic acids is 2. The van der Waals surface area contributed by atoms with Gasteiger partial charge >= 0.3 is 0 Å². The van der Waals surface area contributed by atoms with Crippen LogP contribution in [0.2, 0.25) is 0 Å². The first-order valence-corrected chi connectivity index (χ1v) is 15.9. The Balaban J connectivity index is 1.63. The summed E-state index contributed by atoms with van der Waals surface area (Å²) in [6.07, 6.45) is -30.4. The second-order valence-corrected chi connectivity index (χ2v) is 12.6. The van der Waals surface area contributed by atoms with Crippen LogP contribution in [0.5, 0.6) is 0 Å². The molecule has 20 atom stereocenters. The van der Waals surface area contributed by atoms with Crippen molar-refractivity contribution in [3.63, 3.8) is 0 Å². The van der Waals surface area contributed by atoms with Crippen molar-refractivity contribution in [3.05, 3.63) is 0 Å². The van der Waals surface area contributed by atoms with Gasteiger partial charge in [0.05, 0.1) is 25.9 Å². The molecule has 2 amide bonds. The standard InChI is InChI=1S/C28H48N2O20/c1-7-15(36)19(40)20(41)27(44-7)49-23-14(30-9(3)35)26(46-11(5-32)17(23)38)50-24-18(39)12(6-33)47-28(21(24)42)48-22-13(29-8(2)34)25(43)45-10(4-31)16(22)37/h7,10-28,31-33,36-43H,4-6H2,1-3H3,(H,29,34)(H,30,35)/t7-,10+,11+,12+,13+,14+,15+,16+,17+,18-,19+,20-,21+,22+,23+,24-,25?,26-,27-,28-/m0/s1. The van der Waals surface area contributed by atoms with Crippen LogP contribution in [0.15, 0.2) is 0 Å². The van der Waals surface area contributed by atoms with Crippen LogP contribution < -0.4 is 10.6 Å². The predicted octanol–water partition coefficient (Wildman–Crippen LogP) is -8.43. The molecule has 0 bridgehead atoms. The average molecular weight is 733 g/mol. The number of ether oxygens (including phenoxy) is 7. The van der Waals surface area contributed by atoms with Gasteiger partial charge in [0.2, 0.25) is 11.8 Å². The van der Waals surface area contributed by atoms with Crippen LogP contribution in [0.3, 0.4) is 0 Å². The Morgan fingerprint density at radius 1 is 0.520 bits per heavy atom. The molecule has 0 aliphatic carbocycles. The summed E-state index contributed by atoms with van der Waals surface area (Å²) in [5.74, 6) is -1.42. The maximum atomic E-state index is 12.3. The molecular formula is C28H48N2O20. The van der Waals surface area contributed by atoms with Gasteiger partial charge in [-0.05, 0) is 6.92 Å². The highest BCUT2D eigenvalue weighted by molar-refractivity contribution is 5.73. The van der Waals surface area contributed by atoms with E-state index < -0.39 is 154 Å². The lowest BCUT2D eigenvalue weighted by Crippen LogP contribution is -2.70. The molecule has 4 saturated heterocycles. The summed E-state index contributed by atoms with van der Waals surface area (Å²) < 4.78 is 39.4. The molecule has 4 aliphatic rings. The van der Waals surface area contributed by atoms with Crippen LogP contribution in [0.1, 0.15) is 20.8 Å². The molecule has 22 heteroatoms. The summed E-state index contributed by atoms with van der Waals surface area (Å²) in [7, 11) is 0. The number of hydrogen-bond donors (Lipinski definition) is 13. The second-order valence-electron chi connectivity index (χ2n) is 12.6. The highest BCUT2D eigenvalue weighted by atomic mass is 16.7. The Morgan fingerprint density at radius 2 is 0.940 bits per heavy atom. The molecule has 22 nitrogen and oxygen atoms in total. The zero-order valence-corrected chi connectivity index (χ0v) is 27.3. The van der Waals surface area contributed by atoms with Crippen molar-refractivity contribution < 1.29 is 98.9 Å². The summed E-state index contributed by atoms with van der Waals surface area (Å²) in [6, 6.07) is -3.04. The molecule has 4 aliphatic heterocycles. The molecule has 1 unspecified atom stereocenters. The fourth-order valence-electron chi connectivity index (χ4n) is 6.29. The van der Waals surface area contributed by atoms with Crippen molar-refractivity contribution in [2.75, 3.05) is 19.8 Å². The van der Waals surface area contributed by atoms with E-state index in [9.17, 15) is 65.8 Å². The van der Waals surface area contributed by atoms with Crippen LogP contribution in [0, 0.1) is 0 Å². The van der Waals surface area contributed by atoms with Gasteiger partial charge in [-0.25, -0.2) is 0 Å². The van der Waals surface area contributed by atoms with Gasteiger partial charge in [-0.15, -0.1) is 0 Å². The molecule has 4 fully saturated rings. The largest absolute Gasteiger partial charge is 0.394 e. The van der Waals surface area contributed by atoms with Gasteiger partial charge < -0.3 is 100.0 Å². The van der Waals surface area contributed by atoms with Crippen LogP contribution in [-0.4, -0.2) is 211 Å². The van der Waals surface area contributed by atoms with E-state index in [1.54, 1.807) is 0 Å². The van der Waals surface area contributed by atoms with Gasteiger partial charge in [0, 0.05) is 13.8 Å². The molecule has 13 N–H and O–H groups in total. The molecule has 0 aromatic carbocycles. The molecule has 0 radical (unpaired) electrons. The maximum Gasteiger partial charge on any atom is 0.217 e. The molecule has 0 spiro atoms. The van der Waals surface area contributed by atoms with E-state index in [0.717, 1.165) is 13.8 Å². The van der Waals surface area contributed by atoms with Crippen molar-refractivity contribution in [2.45, 2.75) is 143 Å². The van der Waals surface area contributed by atoms with Gasteiger partial charge in [0.1, 0.15) is 91.4 Å². The first kappa shape index (κ1) is 41.0. The molecule has 0 aromatic rings. The lowest BCUT2D eigenvalue weighted by molar-refractivity contribution is -0.374. The zero-order chi connectivity index (χ0) is 37.2. The lowest BCUT2D eigenvalue weighted by Gasteiger charge is -2.50. The SMILES string of the molecule is CC(=O)N[C@H]1[C@H](O[C@H]2[C@@H](O)[C@@H](CO)O[C@@H](O[C@H]3[C@H](O)[C@@H](CO)OC(O)[C@@H]3NC(C)=O)[C@@H]2O)O[C@H](CO)[C@@H](O)[C@@H]1O[C@@H]1O[C@@H](C)[C@@H](O)[C@@H](O)[C@@H]1O. The van der Waals surface area contributed by atoms with Crippen molar-refractivity contribution >= 4 is 11.8 Å². The van der Waals surface area contributed by atoms with E-state index in [0.29, 0.717) is 0 Å². The zero-order valence-electron chi connectivity index (χ0n) is 27.3. The second kappa shape index (κ2) is 17.4. The molecular weight excluding hydrogens is 684 g/mol. The average Bonchev–Trinajstić information content (AvgIpc) is 3.06. The number of amides is 2. The molecule has 0 saturated carbocycles. The number of hydrogen-bond acceptors (Lipinski definition) is 20. The topological polar surface area (TPSA) is 345 Å². The van der Waals surface area contributed by atoms with Gasteiger partial charge in [-0.2, -0.15) is 0 Å². The molecule has 50 heavy (non-hydrogen) atoms. The number of carbonyl (C=O) groups is 2. The number of rotatable bonds is 11. The summed E-state index contributed by atoms with van der Waals surface area (Å²) in [6.45, 7) is 0.984. The van der Waals surface area contributed by atoms with E-state index >= 15 is 0 Å². The highest BCUT2D eigenvalue weighted by Gasteiger charge is 2.56. The summed E-state index contributed by atoms with van der Waals surface area (Å²) in [4.78, 5) is 24.2. The Morgan fingerprint density at radius 3 is 1.46 bits per heavy atom. The number of aliphatic hydroxyl groups excluding tert-OH is 11. The van der Waals surface area contributed by atoms with Crippen LogP contribution in [0.4, 0.5) is 0 Å². The van der Waals surface area contributed by atoms with Gasteiger partial charge in [0.25, 0.3) is 0 Å². The number of nitrogens with one attached hydrogen (secondary N) is 2. The molecule has 290 valence electrons. The van der Waals surface area contributed by atoms with E-state index in [-0.39, 0.29) is 0 Å². The van der Waals surface area contributed by atoms with Gasteiger partial charge in [0.15, 0.2) is 25.2 Å². The van der Waals surface area contributed by atoms with E-state index in [1.807, 2.05) is 0 Å². The fraction of sp³-hybridized carbons (Fsp3) is 0.929. The molecule has 4 rings (SSSR count). The third kappa shape index (κ3) is 8.70. The van der Waals surface area contributed by atoms with Crippen molar-refractivity contribution in [3.8, 4) is 0 Å². The van der Waals surface area contributed by atoms with Crippen molar-refractivity contribution in [1.82, 2.24) is 10.6 Å². The van der Waals surface area contributed by atoms with Crippen molar-refractivity contribution in [2.24, 2.45) is 0 Å². The summed E-state index contributed by atoms with van der Waals surface area (Å²) >= 11 is 0. The van der Waals surface area contributed by atoms with Gasteiger partial charge in [-0.3, -0.25) is 9.59 Å². The monoisotopic (exact) mass is 732 g/mol. The summed E-state index contributed by atoms with van der Waals surface area (Å²) in [5.41, 5.74) is 0. The van der Waals surface area contributed by atoms with E-state index in [4.69, 9.17) is 33.2 Å². The lowest BCUT2D eigenvalue weighted by atomic mass is 9.94. The predicted molar refractivity (Wildman–Crippen MR) is 156 cm³/mol. The van der Waals surface area contributed by atoms with E-state index in [1.165, 1.54) is 6.92 Å². The van der Waals surface area contributed by atoms with Crippen LogP contribution >= 0.6 is 0 Å². The fourth-order valence-corrected chi connectivity index (χ4v) is 6.29. The Hall–Kier alpha value is -1.78. The maximum absolute atomic E-state index is 12.3. The Bertz CT molecular complexity index is 1130. The minimum absolute atomic E-state index is 0.682. The minimum Gasteiger partial charge on any atom is -0.394 e. The van der Waals surface area contributed by atoms with Crippen LogP contribution in [0.25, 0.3) is 0 Å². The van der Waals surface area contributed by atoms with Crippen molar-refractivity contribution in [1.29, 1.82) is 0 Å². The first-order chi connectivity index (χ1) is 23.5. The summed E-state index contributed by atoms with van der Waals surface area (Å²) in [5, 5.41) is 120. The minimum atomic E-state index is -2.04.